The van der Waals surface area contributed by atoms with Crippen LogP contribution in [0.5, 0.6) is 0 Å². The average Bonchev–Trinajstić information content (AvgIpc) is 3.04. The first-order valence-corrected chi connectivity index (χ1v) is 8.90. The van der Waals surface area contributed by atoms with Gasteiger partial charge in [-0.15, -0.1) is 24.0 Å². The number of rotatable bonds is 7. The number of hydrogen-bond donors (Lipinski definition) is 2. The highest BCUT2D eigenvalue weighted by atomic mass is 127. The lowest BCUT2D eigenvalue weighted by molar-refractivity contribution is -0.137. The van der Waals surface area contributed by atoms with E-state index in [1.807, 2.05) is 30.9 Å². The smallest absolute Gasteiger partial charge is 0.356 e. The monoisotopic (exact) mass is 509 g/mol. The average molecular weight is 509 g/mol. The highest BCUT2D eigenvalue weighted by Gasteiger charge is 2.30. The number of aryl methyl sites for hydroxylation is 1. The van der Waals surface area contributed by atoms with Gasteiger partial charge in [-0.05, 0) is 36.5 Å². The first-order valence-electron chi connectivity index (χ1n) is 8.90. The van der Waals surface area contributed by atoms with Crippen molar-refractivity contribution in [2.75, 3.05) is 20.1 Å². The molecule has 2 N–H and O–H groups in total. The lowest BCUT2D eigenvalue weighted by Gasteiger charge is -2.16. The number of aliphatic imine (C=N–C) groups is 1. The van der Waals surface area contributed by atoms with Gasteiger partial charge < -0.3 is 10.6 Å². The van der Waals surface area contributed by atoms with E-state index in [-0.39, 0.29) is 29.9 Å². The summed E-state index contributed by atoms with van der Waals surface area (Å²) in [5.74, 6) is 0.667. The topological polar surface area (TPSA) is 54.2 Å². The van der Waals surface area contributed by atoms with Gasteiger partial charge in [0.05, 0.1) is 18.3 Å². The van der Waals surface area contributed by atoms with E-state index in [1.165, 1.54) is 12.1 Å². The summed E-state index contributed by atoms with van der Waals surface area (Å²) < 4.78 is 40.4. The highest BCUT2D eigenvalue weighted by molar-refractivity contribution is 14.0. The van der Waals surface area contributed by atoms with E-state index in [0.29, 0.717) is 31.0 Å². The largest absolute Gasteiger partial charge is 0.416 e. The van der Waals surface area contributed by atoms with Crippen molar-refractivity contribution in [3.05, 3.63) is 53.3 Å². The lowest BCUT2D eigenvalue weighted by Crippen LogP contribution is -2.39. The van der Waals surface area contributed by atoms with Crippen LogP contribution in [0.3, 0.4) is 0 Å². The first-order chi connectivity index (χ1) is 12.8. The molecule has 1 unspecified atom stereocenters. The summed E-state index contributed by atoms with van der Waals surface area (Å²) in [5, 5.41) is 10.6. The number of aromatic nitrogens is 2. The zero-order chi connectivity index (χ0) is 19.9. The van der Waals surface area contributed by atoms with Gasteiger partial charge in [0.15, 0.2) is 5.96 Å². The van der Waals surface area contributed by atoms with Crippen LogP contribution in [0.25, 0.3) is 0 Å². The van der Waals surface area contributed by atoms with Gasteiger partial charge in [-0.3, -0.25) is 9.67 Å². The number of halogens is 4. The van der Waals surface area contributed by atoms with Crippen LogP contribution >= 0.6 is 24.0 Å². The number of nitrogens with one attached hydrogen (secondary N) is 2. The normalized spacial score (nSPS) is 13.0. The summed E-state index contributed by atoms with van der Waals surface area (Å²) in [6.07, 6.45) is 0.157. The van der Waals surface area contributed by atoms with Crippen molar-refractivity contribution in [3.8, 4) is 0 Å². The molecule has 0 aliphatic rings. The van der Waals surface area contributed by atoms with E-state index in [9.17, 15) is 13.2 Å². The lowest BCUT2D eigenvalue weighted by atomic mass is 9.96. The Bertz CT molecular complexity index is 758. The molecule has 1 heterocycles. The molecule has 0 spiro atoms. The fraction of sp³-hybridized carbons (Fsp3) is 0.474. The van der Waals surface area contributed by atoms with Gasteiger partial charge in [-0.25, -0.2) is 0 Å². The van der Waals surface area contributed by atoms with Crippen molar-refractivity contribution in [3.63, 3.8) is 0 Å². The van der Waals surface area contributed by atoms with E-state index in [2.05, 4.69) is 20.7 Å². The van der Waals surface area contributed by atoms with Gasteiger partial charge in [0.25, 0.3) is 0 Å². The molecule has 1 atom stereocenters. The maximum atomic E-state index is 12.8. The van der Waals surface area contributed by atoms with E-state index >= 15 is 0 Å². The summed E-state index contributed by atoms with van der Waals surface area (Å²) >= 11 is 0. The molecule has 1 aromatic carbocycles. The summed E-state index contributed by atoms with van der Waals surface area (Å²) in [6.45, 7) is 5.91. The Morgan fingerprint density at radius 3 is 2.57 bits per heavy atom. The van der Waals surface area contributed by atoms with Crippen molar-refractivity contribution in [1.29, 1.82) is 0 Å². The molecule has 0 amide bonds. The van der Waals surface area contributed by atoms with E-state index in [4.69, 9.17) is 0 Å². The fourth-order valence-corrected chi connectivity index (χ4v) is 2.69. The Balaban J connectivity index is 0.00000392. The van der Waals surface area contributed by atoms with E-state index < -0.39 is 11.7 Å². The highest BCUT2D eigenvalue weighted by Crippen LogP contribution is 2.31. The van der Waals surface area contributed by atoms with Crippen LogP contribution in [-0.4, -0.2) is 35.9 Å². The fourth-order valence-electron chi connectivity index (χ4n) is 2.69. The van der Waals surface area contributed by atoms with Crippen LogP contribution in [0.1, 0.15) is 36.0 Å². The van der Waals surface area contributed by atoms with Gasteiger partial charge in [0, 0.05) is 26.3 Å². The molecule has 0 saturated heterocycles. The SMILES string of the molecule is CN=C(NCCC(C)c1cccc(C(F)(F)F)c1)NCCn1cc(C)cn1.I. The first kappa shape index (κ1) is 24.3. The van der Waals surface area contributed by atoms with Gasteiger partial charge in [0.1, 0.15) is 0 Å². The third-order valence-electron chi connectivity index (χ3n) is 4.27. The van der Waals surface area contributed by atoms with Crippen LogP contribution < -0.4 is 10.6 Å². The molecule has 2 rings (SSSR count). The number of alkyl halides is 3. The summed E-state index contributed by atoms with van der Waals surface area (Å²) in [6, 6.07) is 5.52. The van der Waals surface area contributed by atoms with Crippen LogP contribution in [0.15, 0.2) is 41.7 Å². The minimum Gasteiger partial charge on any atom is -0.356 e. The number of guanidine groups is 1. The van der Waals surface area contributed by atoms with Crippen LogP contribution in [0.2, 0.25) is 0 Å². The predicted octanol–water partition coefficient (Wildman–Crippen LogP) is 4.19. The molecule has 0 aliphatic heterocycles. The van der Waals surface area contributed by atoms with Crippen LogP contribution in [0.4, 0.5) is 13.2 Å². The standard InChI is InChI=1S/C19H26F3N5.HI/c1-14-12-26-27(13-14)10-9-25-18(23-3)24-8-7-15(2)16-5-4-6-17(11-16)19(20,21)22;/h4-6,11-13,15H,7-10H2,1-3H3,(H2,23,24,25);1H. The second kappa shape index (κ2) is 11.3. The number of benzene rings is 1. The number of nitrogens with zero attached hydrogens (tertiary/aromatic N) is 3. The molecule has 0 saturated carbocycles. The van der Waals surface area contributed by atoms with Crippen molar-refractivity contribution >= 4 is 29.9 Å². The summed E-state index contributed by atoms with van der Waals surface area (Å²) in [5.41, 5.74) is 1.19. The Morgan fingerprint density at radius 1 is 1.25 bits per heavy atom. The van der Waals surface area contributed by atoms with Crippen molar-refractivity contribution in [2.24, 2.45) is 4.99 Å². The minimum atomic E-state index is -4.31. The molecule has 9 heteroatoms. The second-order valence-electron chi connectivity index (χ2n) is 6.52. The Morgan fingerprint density at radius 2 is 1.96 bits per heavy atom. The van der Waals surface area contributed by atoms with Crippen LogP contribution in [0, 0.1) is 6.92 Å². The molecule has 2 aromatic rings. The van der Waals surface area contributed by atoms with E-state index in [0.717, 1.165) is 18.2 Å². The maximum absolute atomic E-state index is 12.8. The van der Waals surface area contributed by atoms with Gasteiger partial charge in [0.2, 0.25) is 0 Å². The van der Waals surface area contributed by atoms with Crippen LogP contribution in [-0.2, 0) is 12.7 Å². The molecule has 28 heavy (non-hydrogen) atoms. The Labute approximate surface area is 180 Å². The quantitative estimate of drug-likeness (QED) is 0.335. The molecular formula is C19H27F3IN5. The molecule has 0 bridgehead atoms. The van der Waals surface area contributed by atoms with Crippen molar-refractivity contribution in [1.82, 2.24) is 20.4 Å². The maximum Gasteiger partial charge on any atom is 0.416 e. The zero-order valence-corrected chi connectivity index (χ0v) is 18.6. The Kier molecular flexibility index (Phi) is 9.77. The molecule has 0 aliphatic carbocycles. The Hall–Kier alpha value is -1.78. The third kappa shape index (κ3) is 7.69. The summed E-state index contributed by atoms with van der Waals surface area (Å²) in [4.78, 5) is 4.16. The molecular weight excluding hydrogens is 482 g/mol. The van der Waals surface area contributed by atoms with Crippen molar-refractivity contribution < 1.29 is 13.2 Å². The van der Waals surface area contributed by atoms with E-state index in [1.54, 1.807) is 13.1 Å². The zero-order valence-electron chi connectivity index (χ0n) is 16.3. The molecule has 0 radical (unpaired) electrons. The van der Waals surface area contributed by atoms with Gasteiger partial charge >= 0.3 is 6.18 Å². The molecule has 156 valence electrons. The second-order valence-corrected chi connectivity index (χ2v) is 6.52. The van der Waals surface area contributed by atoms with Crippen molar-refractivity contribution in [2.45, 2.75) is 38.9 Å². The predicted molar refractivity (Wildman–Crippen MR) is 116 cm³/mol. The molecule has 5 nitrogen and oxygen atoms in total. The summed E-state index contributed by atoms with van der Waals surface area (Å²) in [7, 11) is 1.68. The van der Waals surface area contributed by atoms with Gasteiger partial charge in [-0.1, -0.05) is 25.1 Å². The molecule has 1 aromatic heterocycles. The number of hydrogen-bond acceptors (Lipinski definition) is 2. The third-order valence-corrected chi connectivity index (χ3v) is 4.27. The molecule has 0 fully saturated rings. The minimum absolute atomic E-state index is 0. The van der Waals surface area contributed by atoms with Gasteiger partial charge in [-0.2, -0.15) is 18.3 Å².